The van der Waals surface area contributed by atoms with Crippen LogP contribution in [0, 0.1) is 0 Å². The number of hydrogen-bond acceptors (Lipinski definition) is 16. The topological polar surface area (TPSA) is 170 Å². The largest absolute Gasteiger partial charge is 0.477 e. The van der Waals surface area contributed by atoms with Gasteiger partial charge in [-0.25, -0.2) is 0 Å². The van der Waals surface area contributed by atoms with E-state index < -0.39 is 104 Å². The standard InChI is InChI=1S/C24H68O16Si12/c1-19-41(7)27-47(13,25)28-42(8,20-2)32-49(15,31-41)39-51(17)35-45(11,23-5)37-52(18,38-46(12,24-6)36-51)40-50(16)33-43(9,21-3)29-48(14,26)30-44(10,22-4)34-50/h25-26H,19-24H2,1-18H3. The third-order valence-corrected chi connectivity index (χ3v) is 61.7. The minimum atomic E-state index is -3.71. The molecule has 0 saturated carbocycles. The predicted molar refractivity (Wildman–Crippen MR) is 222 cm³/mol. The third kappa shape index (κ3) is 12.5. The van der Waals surface area contributed by atoms with E-state index in [-0.39, 0.29) is 0 Å². The first-order chi connectivity index (χ1) is 23.3. The van der Waals surface area contributed by atoms with Crippen LogP contribution in [0.3, 0.4) is 0 Å². The van der Waals surface area contributed by atoms with Crippen LogP contribution in [0.2, 0.25) is 115 Å². The van der Waals surface area contributed by atoms with Crippen molar-refractivity contribution in [3.63, 3.8) is 0 Å². The summed E-state index contributed by atoms with van der Waals surface area (Å²) in [5.41, 5.74) is 0. The van der Waals surface area contributed by atoms with Gasteiger partial charge >= 0.3 is 104 Å². The molecule has 0 spiro atoms. The number of hydrogen-bond donors (Lipinski definition) is 2. The summed E-state index contributed by atoms with van der Waals surface area (Å²) in [6, 6.07) is 3.20. The Morgan fingerprint density at radius 1 is 0.288 bits per heavy atom. The molecule has 4 unspecified atom stereocenters. The van der Waals surface area contributed by atoms with Gasteiger partial charge in [-0.05, 0) is 75.5 Å². The zero-order chi connectivity index (χ0) is 40.1. The van der Waals surface area contributed by atoms with E-state index >= 15 is 0 Å². The van der Waals surface area contributed by atoms with Crippen molar-refractivity contribution in [2.24, 2.45) is 0 Å². The minimum Gasteiger partial charge on any atom is -0.395 e. The van der Waals surface area contributed by atoms with Gasteiger partial charge in [0.15, 0.2) is 0 Å². The molecule has 3 rings (SSSR count). The van der Waals surface area contributed by atoms with Crippen LogP contribution in [0.25, 0.3) is 0 Å². The molecule has 3 heterocycles. The maximum absolute atomic E-state index is 11.2. The second-order valence-electron chi connectivity index (χ2n) is 15.6. The summed E-state index contributed by atoms with van der Waals surface area (Å²) in [5, 5.41) is 0. The molecule has 3 saturated heterocycles. The van der Waals surface area contributed by atoms with E-state index in [0.29, 0.717) is 36.3 Å². The fraction of sp³-hybridized carbons (Fsp3) is 1.00. The summed E-state index contributed by atoms with van der Waals surface area (Å²) in [7, 11) is -40.4. The molecule has 3 fully saturated rings. The maximum atomic E-state index is 11.2. The van der Waals surface area contributed by atoms with Crippen LogP contribution in [-0.4, -0.2) is 114 Å². The average molecular weight is 950 g/mol. The Bertz CT molecular complexity index is 1110. The Labute approximate surface area is 326 Å². The first-order valence-electron chi connectivity index (χ1n) is 18.5. The van der Waals surface area contributed by atoms with Crippen molar-refractivity contribution in [3.8, 4) is 0 Å². The van der Waals surface area contributed by atoms with Gasteiger partial charge in [-0.3, -0.25) is 0 Å². The van der Waals surface area contributed by atoms with E-state index in [0.717, 1.165) is 0 Å². The lowest BCUT2D eigenvalue weighted by Gasteiger charge is -2.53. The van der Waals surface area contributed by atoms with Gasteiger partial charge in [0.05, 0.1) is 0 Å². The van der Waals surface area contributed by atoms with Crippen molar-refractivity contribution in [1.82, 2.24) is 0 Å². The lowest BCUT2D eigenvalue weighted by molar-refractivity contribution is 0.0944. The Kier molecular flexibility index (Phi) is 15.1. The molecule has 0 radical (unpaired) electrons. The molecule has 16 nitrogen and oxygen atoms in total. The quantitative estimate of drug-likeness (QED) is 0.237. The zero-order valence-electron chi connectivity index (χ0n) is 34.9. The molecule has 2 N–H and O–H groups in total. The van der Waals surface area contributed by atoms with Crippen molar-refractivity contribution < 1.29 is 67.2 Å². The Morgan fingerprint density at radius 2 is 0.423 bits per heavy atom. The highest BCUT2D eigenvalue weighted by Crippen LogP contribution is 2.42. The first-order valence-corrected chi connectivity index (χ1v) is 47.1. The van der Waals surface area contributed by atoms with Gasteiger partial charge in [0, 0.05) is 39.3 Å². The summed E-state index contributed by atoms with van der Waals surface area (Å²) < 4.78 is 95.1. The van der Waals surface area contributed by atoms with Crippen LogP contribution in [0.4, 0.5) is 0 Å². The van der Waals surface area contributed by atoms with Gasteiger partial charge in [-0.15, -0.1) is 0 Å². The van der Waals surface area contributed by atoms with E-state index in [2.05, 4.69) is 0 Å². The van der Waals surface area contributed by atoms with Crippen LogP contribution in [-0.2, 0) is 57.6 Å². The van der Waals surface area contributed by atoms with Gasteiger partial charge in [0.25, 0.3) is 0 Å². The van der Waals surface area contributed by atoms with Crippen molar-refractivity contribution in [2.75, 3.05) is 0 Å². The summed E-state index contributed by atoms with van der Waals surface area (Å²) >= 11 is 0. The Hall–Kier alpha value is 1.96. The minimum absolute atomic E-state index is 0.523. The van der Waals surface area contributed by atoms with E-state index in [9.17, 15) is 9.59 Å². The lowest BCUT2D eigenvalue weighted by atomic mass is 11.0. The van der Waals surface area contributed by atoms with Gasteiger partial charge in [0.2, 0.25) is 0 Å². The molecule has 0 aromatic heterocycles. The maximum Gasteiger partial charge on any atom is 0.477 e. The van der Waals surface area contributed by atoms with Gasteiger partial charge in [0.1, 0.15) is 0 Å². The van der Waals surface area contributed by atoms with Crippen LogP contribution in [0.15, 0.2) is 0 Å². The summed E-state index contributed by atoms with van der Waals surface area (Å²) in [4.78, 5) is 22.4. The van der Waals surface area contributed by atoms with Gasteiger partial charge in [-0.2, -0.15) is 0 Å². The molecule has 0 aromatic carbocycles. The Balaban J connectivity index is 2.07. The molecule has 0 aliphatic carbocycles. The van der Waals surface area contributed by atoms with E-state index in [1.165, 1.54) is 0 Å². The molecule has 0 bridgehead atoms. The van der Waals surface area contributed by atoms with E-state index in [1.54, 1.807) is 13.1 Å². The molecule has 0 amide bonds. The molecule has 3 aliphatic rings. The van der Waals surface area contributed by atoms with Crippen LogP contribution in [0.1, 0.15) is 41.5 Å². The number of rotatable bonds is 10. The van der Waals surface area contributed by atoms with E-state index in [1.807, 2.05) is 107 Å². The summed E-state index contributed by atoms with van der Waals surface area (Å²) in [5.74, 6) is 0. The monoisotopic (exact) mass is 948 g/mol. The second kappa shape index (κ2) is 16.2. The van der Waals surface area contributed by atoms with Crippen molar-refractivity contribution in [2.45, 2.75) is 156 Å². The van der Waals surface area contributed by atoms with E-state index in [4.69, 9.17) is 57.6 Å². The highest BCUT2D eigenvalue weighted by atomic mass is 28.6. The molecular formula is C24H68O16Si12. The van der Waals surface area contributed by atoms with Crippen molar-refractivity contribution in [1.29, 1.82) is 0 Å². The van der Waals surface area contributed by atoms with Crippen LogP contribution >= 0.6 is 0 Å². The average Bonchev–Trinajstić information content (AvgIpc) is 2.92. The first kappa shape index (κ1) is 48.3. The van der Waals surface area contributed by atoms with Gasteiger partial charge in [-0.1, -0.05) is 41.5 Å². The second-order valence-corrected chi connectivity index (χ2v) is 55.4. The molecule has 4 atom stereocenters. The fourth-order valence-electron chi connectivity index (χ4n) is 6.70. The molecule has 28 heteroatoms. The molecule has 0 aromatic rings. The molecule has 52 heavy (non-hydrogen) atoms. The van der Waals surface area contributed by atoms with Crippen LogP contribution in [0.5, 0.6) is 0 Å². The molecular weight excluding hydrogens is 881 g/mol. The summed E-state index contributed by atoms with van der Waals surface area (Å²) in [6.07, 6.45) is 0. The zero-order valence-corrected chi connectivity index (χ0v) is 46.9. The fourth-order valence-corrected chi connectivity index (χ4v) is 67.8. The Morgan fingerprint density at radius 3 is 0.558 bits per heavy atom. The third-order valence-electron chi connectivity index (χ3n) is 9.43. The smallest absolute Gasteiger partial charge is 0.395 e. The highest BCUT2D eigenvalue weighted by Gasteiger charge is 2.67. The van der Waals surface area contributed by atoms with Crippen LogP contribution < -0.4 is 0 Å². The highest BCUT2D eigenvalue weighted by molar-refractivity contribution is 6.98. The molecule has 3 aliphatic heterocycles. The normalized spacial score (nSPS) is 52.8. The van der Waals surface area contributed by atoms with Crippen molar-refractivity contribution in [3.05, 3.63) is 0 Å². The lowest BCUT2D eigenvalue weighted by Crippen LogP contribution is -2.75. The van der Waals surface area contributed by atoms with Crippen molar-refractivity contribution >= 4 is 104 Å². The SMILES string of the molecule is CC[Si]1(C)O[Si](C)(O)O[Si](C)(CC)O[Si](C)(O[Si]2(C)O[Si](C)(CC)O[Si](C)(O[Si]3(C)O[Si](C)(CC)O[Si](C)(O)O[Si](C)(CC)O3)O[Si](C)(CC)O2)O1. The predicted octanol–water partition coefficient (Wildman–Crippen LogP) is 6.21. The summed E-state index contributed by atoms with van der Waals surface area (Å²) in [6.45, 7) is 34.0. The van der Waals surface area contributed by atoms with Gasteiger partial charge < -0.3 is 67.2 Å². The molecule has 308 valence electrons.